The van der Waals surface area contributed by atoms with Crippen molar-refractivity contribution in [1.29, 1.82) is 5.26 Å². The van der Waals surface area contributed by atoms with Gasteiger partial charge >= 0.3 is 12.1 Å². The predicted molar refractivity (Wildman–Crippen MR) is 107 cm³/mol. The first kappa shape index (κ1) is 22.5. The third-order valence-electron chi connectivity index (χ3n) is 4.59. The van der Waals surface area contributed by atoms with E-state index in [1.807, 2.05) is 51.1 Å². The van der Waals surface area contributed by atoms with Crippen molar-refractivity contribution in [1.82, 2.24) is 4.90 Å². The summed E-state index contributed by atoms with van der Waals surface area (Å²) in [5.74, 6) is -0.00582. The van der Waals surface area contributed by atoms with E-state index in [1.165, 1.54) is 0 Å². The van der Waals surface area contributed by atoms with Gasteiger partial charge in [-0.05, 0) is 57.7 Å². The lowest BCUT2D eigenvalue weighted by molar-refractivity contribution is -0.148. The Kier molecular flexibility index (Phi) is 7.89. The zero-order chi connectivity index (χ0) is 21.4. The fourth-order valence-electron chi connectivity index (χ4n) is 3.31. The van der Waals surface area contributed by atoms with Crippen LogP contribution in [0.25, 0.3) is 0 Å². The summed E-state index contributed by atoms with van der Waals surface area (Å²) in [6, 6.07) is 9.64. The Morgan fingerprint density at radius 3 is 2.48 bits per heavy atom. The Morgan fingerprint density at radius 1 is 1.21 bits per heavy atom. The summed E-state index contributed by atoms with van der Waals surface area (Å²) in [6.07, 6.45) is 0.572. The van der Waals surface area contributed by atoms with Crippen molar-refractivity contribution < 1.29 is 23.8 Å². The topological polar surface area (TPSA) is 88.9 Å². The third-order valence-corrected chi connectivity index (χ3v) is 4.59. The first-order valence-corrected chi connectivity index (χ1v) is 9.96. The van der Waals surface area contributed by atoms with E-state index in [-0.39, 0.29) is 17.8 Å². The molecular formula is C22H30N2O5. The Morgan fingerprint density at radius 2 is 1.90 bits per heavy atom. The largest absolute Gasteiger partial charge is 0.493 e. The van der Waals surface area contributed by atoms with Crippen molar-refractivity contribution in [2.75, 3.05) is 26.3 Å². The van der Waals surface area contributed by atoms with E-state index in [9.17, 15) is 9.59 Å². The normalized spacial score (nSPS) is 18.8. The average Bonchev–Trinajstić information content (AvgIpc) is 3.06. The standard InChI is InChI=1S/C22H30N2O5/c1-5-27-20(25)19-15-24(21(26)29-22(2,3)4)14-17(19)13-16-7-9-18(10-8-16)28-12-6-11-23/h7-10,17,19H,5-6,12-15H2,1-4H3/t17-,19+/m1/s1. The second-order valence-corrected chi connectivity index (χ2v) is 8.11. The number of amides is 1. The van der Waals surface area contributed by atoms with Crippen molar-refractivity contribution in [3.8, 4) is 11.8 Å². The van der Waals surface area contributed by atoms with Crippen LogP contribution in [-0.4, -0.2) is 48.9 Å². The van der Waals surface area contributed by atoms with Gasteiger partial charge in [0.1, 0.15) is 18.0 Å². The van der Waals surface area contributed by atoms with Gasteiger partial charge in [-0.3, -0.25) is 4.79 Å². The molecule has 1 saturated heterocycles. The van der Waals surface area contributed by atoms with Gasteiger partial charge in [-0.15, -0.1) is 0 Å². The molecule has 7 heteroatoms. The number of nitriles is 1. The van der Waals surface area contributed by atoms with Crippen LogP contribution in [0, 0.1) is 23.2 Å². The molecule has 1 fully saturated rings. The van der Waals surface area contributed by atoms with E-state index in [0.717, 1.165) is 5.56 Å². The summed E-state index contributed by atoms with van der Waals surface area (Å²) in [7, 11) is 0. The molecule has 1 amide bonds. The van der Waals surface area contributed by atoms with E-state index in [4.69, 9.17) is 19.5 Å². The highest BCUT2D eigenvalue weighted by atomic mass is 16.6. The number of likely N-dealkylation sites (tertiary alicyclic amines) is 1. The van der Waals surface area contributed by atoms with E-state index in [1.54, 1.807) is 11.8 Å². The van der Waals surface area contributed by atoms with Crippen LogP contribution in [0.3, 0.4) is 0 Å². The second kappa shape index (κ2) is 10.1. The molecule has 2 rings (SSSR count). The number of ether oxygens (including phenoxy) is 3. The van der Waals surface area contributed by atoms with Crippen molar-refractivity contribution in [2.24, 2.45) is 11.8 Å². The molecule has 7 nitrogen and oxygen atoms in total. The van der Waals surface area contributed by atoms with Crippen LogP contribution in [0.1, 0.15) is 39.7 Å². The second-order valence-electron chi connectivity index (χ2n) is 8.11. The Labute approximate surface area is 172 Å². The van der Waals surface area contributed by atoms with Gasteiger partial charge in [0.15, 0.2) is 0 Å². The summed E-state index contributed by atoms with van der Waals surface area (Å²) in [5, 5.41) is 8.57. The molecule has 0 bridgehead atoms. The van der Waals surface area contributed by atoms with Crippen LogP contribution < -0.4 is 4.74 Å². The zero-order valence-corrected chi connectivity index (χ0v) is 17.6. The Bertz CT molecular complexity index is 733. The number of rotatable bonds is 7. The maximum Gasteiger partial charge on any atom is 0.410 e. The fourth-order valence-corrected chi connectivity index (χ4v) is 3.31. The van der Waals surface area contributed by atoms with Gasteiger partial charge < -0.3 is 19.1 Å². The molecule has 2 atom stereocenters. The molecule has 0 aromatic heterocycles. The molecule has 1 heterocycles. The lowest BCUT2D eigenvalue weighted by Gasteiger charge is -2.24. The van der Waals surface area contributed by atoms with Gasteiger partial charge in [0, 0.05) is 13.1 Å². The molecule has 1 aromatic carbocycles. The SMILES string of the molecule is CCOC(=O)[C@H]1CN(C(=O)OC(C)(C)C)C[C@H]1Cc1ccc(OCCC#N)cc1. The predicted octanol–water partition coefficient (Wildman–Crippen LogP) is 3.57. The molecule has 0 N–H and O–H groups in total. The van der Waals surface area contributed by atoms with E-state index in [2.05, 4.69) is 0 Å². The molecule has 0 spiro atoms. The lowest BCUT2D eigenvalue weighted by Crippen LogP contribution is -2.36. The van der Waals surface area contributed by atoms with Crippen LogP contribution in [-0.2, 0) is 20.7 Å². The van der Waals surface area contributed by atoms with Crippen LogP contribution in [0.4, 0.5) is 4.79 Å². The minimum absolute atomic E-state index is 0.0491. The number of carbonyl (C=O) groups excluding carboxylic acids is 2. The summed E-state index contributed by atoms with van der Waals surface area (Å²) >= 11 is 0. The molecular weight excluding hydrogens is 372 g/mol. The summed E-state index contributed by atoms with van der Waals surface area (Å²) < 4.78 is 16.2. The fraction of sp³-hybridized carbons (Fsp3) is 0.591. The van der Waals surface area contributed by atoms with E-state index >= 15 is 0 Å². The molecule has 29 heavy (non-hydrogen) atoms. The first-order valence-electron chi connectivity index (χ1n) is 9.96. The maximum atomic E-state index is 12.5. The van der Waals surface area contributed by atoms with Crippen molar-refractivity contribution in [3.63, 3.8) is 0 Å². The van der Waals surface area contributed by atoms with Crippen LogP contribution in [0.15, 0.2) is 24.3 Å². The minimum atomic E-state index is -0.587. The highest BCUT2D eigenvalue weighted by molar-refractivity contribution is 5.76. The number of nitrogens with zero attached hydrogens (tertiary/aromatic N) is 2. The Hall–Kier alpha value is -2.75. The number of esters is 1. The van der Waals surface area contributed by atoms with Crippen molar-refractivity contribution >= 4 is 12.1 Å². The van der Waals surface area contributed by atoms with Gasteiger partial charge in [0.2, 0.25) is 0 Å². The highest BCUT2D eigenvalue weighted by Gasteiger charge is 2.41. The maximum absolute atomic E-state index is 12.5. The van der Waals surface area contributed by atoms with Crippen LogP contribution in [0.2, 0.25) is 0 Å². The van der Waals surface area contributed by atoms with Gasteiger partial charge in [-0.2, -0.15) is 5.26 Å². The molecule has 0 unspecified atom stereocenters. The number of carbonyl (C=O) groups is 2. The average molecular weight is 402 g/mol. The first-order chi connectivity index (χ1) is 13.7. The molecule has 1 aliphatic heterocycles. The summed E-state index contributed by atoms with van der Waals surface area (Å²) in [6.45, 7) is 8.65. The number of hydrogen-bond acceptors (Lipinski definition) is 6. The molecule has 1 aromatic rings. The van der Waals surface area contributed by atoms with Gasteiger partial charge in [-0.1, -0.05) is 12.1 Å². The monoisotopic (exact) mass is 402 g/mol. The molecule has 0 aliphatic carbocycles. The summed E-state index contributed by atoms with van der Waals surface area (Å²) in [5.41, 5.74) is 0.457. The zero-order valence-electron chi connectivity index (χ0n) is 17.6. The molecule has 0 saturated carbocycles. The highest BCUT2D eigenvalue weighted by Crippen LogP contribution is 2.30. The van der Waals surface area contributed by atoms with Crippen molar-refractivity contribution in [3.05, 3.63) is 29.8 Å². The third kappa shape index (κ3) is 6.97. The van der Waals surface area contributed by atoms with Gasteiger partial charge in [-0.25, -0.2) is 4.79 Å². The van der Waals surface area contributed by atoms with E-state index in [0.29, 0.717) is 44.9 Å². The van der Waals surface area contributed by atoms with Crippen molar-refractivity contribution in [2.45, 2.75) is 46.1 Å². The van der Waals surface area contributed by atoms with Crippen LogP contribution in [0.5, 0.6) is 5.75 Å². The van der Waals surface area contributed by atoms with Gasteiger partial charge in [0.25, 0.3) is 0 Å². The molecule has 158 valence electrons. The minimum Gasteiger partial charge on any atom is -0.493 e. The quantitative estimate of drug-likeness (QED) is 0.512. The van der Waals surface area contributed by atoms with E-state index < -0.39 is 11.7 Å². The number of benzene rings is 1. The Balaban J connectivity index is 2.06. The van der Waals surface area contributed by atoms with Crippen LogP contribution >= 0.6 is 0 Å². The van der Waals surface area contributed by atoms with Gasteiger partial charge in [0.05, 0.1) is 25.0 Å². The number of hydrogen-bond donors (Lipinski definition) is 0. The summed E-state index contributed by atoms with van der Waals surface area (Å²) in [4.78, 5) is 26.5. The lowest BCUT2D eigenvalue weighted by atomic mass is 9.90. The molecule has 1 aliphatic rings. The molecule has 0 radical (unpaired) electrons. The smallest absolute Gasteiger partial charge is 0.410 e.